The molecule has 0 saturated carbocycles. The van der Waals surface area contributed by atoms with Crippen molar-refractivity contribution in [1.82, 2.24) is 9.80 Å². The molecule has 2 saturated heterocycles. The first-order valence-corrected chi connectivity index (χ1v) is 10.7. The highest BCUT2D eigenvalue weighted by Crippen LogP contribution is 2.31. The molecule has 1 aromatic rings. The van der Waals surface area contributed by atoms with E-state index in [-0.39, 0.29) is 10.8 Å². The lowest BCUT2D eigenvalue weighted by Crippen LogP contribution is -2.56. The van der Waals surface area contributed by atoms with Crippen LogP contribution in [-0.4, -0.2) is 48.4 Å². The number of likely N-dealkylation sites (tertiary alicyclic amines) is 2. The lowest BCUT2D eigenvalue weighted by atomic mass is 9.83. The van der Waals surface area contributed by atoms with Crippen LogP contribution in [-0.2, 0) is 10.2 Å². The summed E-state index contributed by atoms with van der Waals surface area (Å²) in [5.74, 6) is 1.67. The van der Waals surface area contributed by atoms with Crippen molar-refractivity contribution in [3.63, 3.8) is 0 Å². The second kappa shape index (κ2) is 7.58. The van der Waals surface area contributed by atoms with Crippen molar-refractivity contribution in [3.8, 4) is 0 Å². The zero-order valence-electron chi connectivity index (χ0n) is 18.2. The smallest absolute Gasteiger partial charge is 0.227 e. The molecule has 2 aliphatic heterocycles. The Labute approximate surface area is 166 Å². The third-order valence-corrected chi connectivity index (χ3v) is 6.24. The number of piperidine rings is 1. The number of nitrogens with zero attached hydrogens (tertiary/aromatic N) is 2. The first kappa shape index (κ1) is 20.4. The third-order valence-electron chi connectivity index (χ3n) is 6.24. The molecular formula is C24H38N2O. The maximum atomic E-state index is 12.3. The Balaban J connectivity index is 1.43. The van der Waals surface area contributed by atoms with Gasteiger partial charge in [-0.3, -0.25) is 4.79 Å². The fourth-order valence-corrected chi connectivity index (χ4v) is 4.39. The van der Waals surface area contributed by atoms with Crippen LogP contribution in [0.4, 0.5) is 0 Å². The minimum atomic E-state index is -0.244. The van der Waals surface area contributed by atoms with E-state index in [0.717, 1.165) is 19.6 Å². The highest BCUT2D eigenvalue weighted by atomic mass is 16.2. The molecule has 0 aromatic heterocycles. The summed E-state index contributed by atoms with van der Waals surface area (Å²) in [7, 11) is 0. The van der Waals surface area contributed by atoms with E-state index in [4.69, 9.17) is 0 Å². The quantitative estimate of drug-likeness (QED) is 0.772. The Hall–Kier alpha value is -1.35. The SMILES string of the molecule is CC(C)(C)C(=O)N1CC(CN2CCC(c3ccc(C(C)(C)C)cc3)CC2)C1. The number of rotatable bonds is 3. The molecule has 0 atom stereocenters. The van der Waals surface area contributed by atoms with Crippen LogP contribution in [0.1, 0.15) is 71.4 Å². The lowest BCUT2D eigenvalue weighted by molar-refractivity contribution is -0.146. The van der Waals surface area contributed by atoms with Gasteiger partial charge in [-0.15, -0.1) is 0 Å². The van der Waals surface area contributed by atoms with Gasteiger partial charge in [-0.05, 0) is 48.4 Å². The van der Waals surface area contributed by atoms with Gasteiger partial charge in [-0.25, -0.2) is 0 Å². The molecule has 150 valence electrons. The van der Waals surface area contributed by atoms with Crippen LogP contribution in [0.25, 0.3) is 0 Å². The van der Waals surface area contributed by atoms with Crippen LogP contribution < -0.4 is 0 Å². The molecule has 2 fully saturated rings. The normalized spacial score (nSPS) is 20.6. The van der Waals surface area contributed by atoms with Crippen LogP contribution in [0.15, 0.2) is 24.3 Å². The van der Waals surface area contributed by atoms with Crippen molar-refractivity contribution in [2.24, 2.45) is 11.3 Å². The van der Waals surface area contributed by atoms with Gasteiger partial charge in [0.15, 0.2) is 0 Å². The number of carbonyl (C=O) groups excluding carboxylic acids is 1. The molecule has 0 bridgehead atoms. The topological polar surface area (TPSA) is 23.6 Å². The minimum absolute atomic E-state index is 0.229. The van der Waals surface area contributed by atoms with Crippen molar-refractivity contribution in [2.45, 2.75) is 65.7 Å². The average Bonchev–Trinajstić information content (AvgIpc) is 2.56. The van der Waals surface area contributed by atoms with E-state index in [1.807, 2.05) is 25.7 Å². The summed E-state index contributed by atoms with van der Waals surface area (Å²) in [6.07, 6.45) is 2.51. The maximum absolute atomic E-state index is 12.3. The standard InChI is InChI=1S/C24H38N2O/c1-23(2,3)21-9-7-19(8-10-21)20-11-13-25(14-12-20)15-18-16-26(17-18)22(27)24(4,5)6/h7-10,18,20H,11-17H2,1-6H3. The van der Waals surface area contributed by atoms with E-state index in [9.17, 15) is 4.79 Å². The average molecular weight is 371 g/mol. The van der Waals surface area contributed by atoms with Crippen molar-refractivity contribution < 1.29 is 4.79 Å². The van der Waals surface area contributed by atoms with E-state index >= 15 is 0 Å². The molecule has 3 heteroatoms. The molecule has 0 aliphatic carbocycles. The number of amides is 1. The van der Waals surface area contributed by atoms with Crippen LogP contribution in [0.5, 0.6) is 0 Å². The summed E-state index contributed by atoms with van der Waals surface area (Å²) in [6.45, 7) is 18.3. The summed E-state index contributed by atoms with van der Waals surface area (Å²) in [4.78, 5) is 16.9. The fourth-order valence-electron chi connectivity index (χ4n) is 4.39. The second-order valence-electron chi connectivity index (χ2n) is 10.8. The van der Waals surface area contributed by atoms with Gasteiger partial charge in [0.2, 0.25) is 5.91 Å². The van der Waals surface area contributed by atoms with Gasteiger partial charge in [0, 0.05) is 31.0 Å². The molecule has 0 spiro atoms. The first-order chi connectivity index (χ1) is 12.5. The predicted molar refractivity (Wildman–Crippen MR) is 113 cm³/mol. The Morgan fingerprint density at radius 2 is 1.52 bits per heavy atom. The second-order valence-corrected chi connectivity index (χ2v) is 10.8. The molecule has 2 heterocycles. The van der Waals surface area contributed by atoms with Crippen molar-refractivity contribution in [2.75, 3.05) is 32.7 Å². The van der Waals surface area contributed by atoms with Crippen molar-refractivity contribution in [1.29, 1.82) is 0 Å². The summed E-state index contributed by atoms with van der Waals surface area (Å²) >= 11 is 0. The Kier molecular flexibility index (Phi) is 5.72. The molecule has 3 rings (SSSR count). The summed E-state index contributed by atoms with van der Waals surface area (Å²) in [6, 6.07) is 9.33. The number of benzene rings is 1. The van der Waals surface area contributed by atoms with Crippen LogP contribution in [0.3, 0.4) is 0 Å². The maximum Gasteiger partial charge on any atom is 0.227 e. The zero-order valence-corrected chi connectivity index (χ0v) is 18.2. The Morgan fingerprint density at radius 3 is 2.00 bits per heavy atom. The molecule has 1 amide bonds. The van der Waals surface area contributed by atoms with Gasteiger partial charge in [0.05, 0.1) is 0 Å². The molecular weight excluding hydrogens is 332 g/mol. The lowest BCUT2D eigenvalue weighted by Gasteiger charge is -2.45. The predicted octanol–water partition coefficient (Wildman–Crippen LogP) is 4.67. The van der Waals surface area contributed by atoms with Gasteiger partial charge in [0.25, 0.3) is 0 Å². The number of carbonyl (C=O) groups is 1. The zero-order chi connectivity index (χ0) is 19.8. The van der Waals surface area contributed by atoms with E-state index in [0.29, 0.717) is 17.7 Å². The molecule has 3 nitrogen and oxygen atoms in total. The number of hydrogen-bond acceptors (Lipinski definition) is 2. The summed E-state index contributed by atoms with van der Waals surface area (Å²) in [5, 5.41) is 0. The highest BCUT2D eigenvalue weighted by molar-refractivity contribution is 5.82. The first-order valence-electron chi connectivity index (χ1n) is 10.7. The van der Waals surface area contributed by atoms with E-state index in [2.05, 4.69) is 49.9 Å². The van der Waals surface area contributed by atoms with Crippen molar-refractivity contribution in [3.05, 3.63) is 35.4 Å². The van der Waals surface area contributed by atoms with Crippen LogP contribution >= 0.6 is 0 Å². The van der Waals surface area contributed by atoms with Gasteiger partial charge < -0.3 is 9.80 Å². The monoisotopic (exact) mass is 370 g/mol. The van der Waals surface area contributed by atoms with Gasteiger partial charge in [0.1, 0.15) is 0 Å². The van der Waals surface area contributed by atoms with Crippen LogP contribution in [0.2, 0.25) is 0 Å². The Bertz CT molecular complexity index is 636. The largest absolute Gasteiger partial charge is 0.341 e. The highest BCUT2D eigenvalue weighted by Gasteiger charge is 2.37. The third kappa shape index (κ3) is 4.93. The number of hydrogen-bond donors (Lipinski definition) is 0. The van der Waals surface area contributed by atoms with Crippen molar-refractivity contribution >= 4 is 5.91 Å². The van der Waals surface area contributed by atoms with E-state index in [1.54, 1.807) is 0 Å². The fraction of sp³-hybridized carbons (Fsp3) is 0.708. The van der Waals surface area contributed by atoms with Gasteiger partial charge in [-0.1, -0.05) is 65.8 Å². The molecule has 0 unspecified atom stereocenters. The molecule has 2 aliphatic rings. The molecule has 0 radical (unpaired) electrons. The molecule has 0 N–H and O–H groups in total. The molecule has 1 aromatic carbocycles. The van der Waals surface area contributed by atoms with E-state index < -0.39 is 0 Å². The van der Waals surface area contributed by atoms with Gasteiger partial charge >= 0.3 is 0 Å². The van der Waals surface area contributed by atoms with E-state index in [1.165, 1.54) is 37.1 Å². The molecule has 27 heavy (non-hydrogen) atoms. The van der Waals surface area contributed by atoms with Crippen LogP contribution in [0, 0.1) is 11.3 Å². The summed E-state index contributed by atoms with van der Waals surface area (Å²) < 4.78 is 0. The Morgan fingerprint density at radius 1 is 0.963 bits per heavy atom. The van der Waals surface area contributed by atoms with Gasteiger partial charge in [-0.2, -0.15) is 0 Å². The minimum Gasteiger partial charge on any atom is -0.341 e. The summed E-state index contributed by atoms with van der Waals surface area (Å²) in [5.41, 5.74) is 2.91.